The maximum Gasteiger partial charge on any atom is 0.348 e. The SMILES string of the molecule is O=c1oc2ccccc2c(O)c1-c1sc(-c2ccc(Cl)cc2)nc1-c1ccccc1. The van der Waals surface area contributed by atoms with Gasteiger partial charge in [-0.1, -0.05) is 66.2 Å². The molecule has 0 radical (unpaired) electrons. The lowest BCUT2D eigenvalue weighted by atomic mass is 10.1. The molecule has 2 aromatic heterocycles. The van der Waals surface area contributed by atoms with E-state index in [9.17, 15) is 9.90 Å². The number of thiazole rings is 1. The highest BCUT2D eigenvalue weighted by atomic mass is 35.5. The lowest BCUT2D eigenvalue weighted by molar-refractivity contribution is 0.471. The Kier molecular flexibility index (Phi) is 4.62. The van der Waals surface area contributed by atoms with Gasteiger partial charge in [0.1, 0.15) is 21.9 Å². The molecule has 0 amide bonds. The molecule has 0 saturated heterocycles. The minimum atomic E-state index is -0.602. The van der Waals surface area contributed by atoms with E-state index in [0.29, 0.717) is 31.6 Å². The first kappa shape index (κ1) is 18.6. The maximum atomic E-state index is 12.9. The summed E-state index contributed by atoms with van der Waals surface area (Å²) in [5, 5.41) is 12.8. The van der Waals surface area contributed by atoms with Crippen molar-refractivity contribution in [1.29, 1.82) is 0 Å². The van der Waals surface area contributed by atoms with Gasteiger partial charge in [-0.3, -0.25) is 0 Å². The molecule has 0 saturated carbocycles. The van der Waals surface area contributed by atoms with E-state index in [0.717, 1.165) is 11.1 Å². The molecule has 2 heterocycles. The van der Waals surface area contributed by atoms with Gasteiger partial charge in [0.15, 0.2) is 0 Å². The fourth-order valence-corrected chi connectivity index (χ4v) is 4.58. The number of nitrogens with zero attached hydrogens (tertiary/aromatic N) is 1. The Morgan fingerprint density at radius 2 is 1.57 bits per heavy atom. The van der Waals surface area contributed by atoms with Gasteiger partial charge < -0.3 is 9.52 Å². The molecule has 5 aromatic rings. The average molecular weight is 432 g/mol. The summed E-state index contributed by atoms with van der Waals surface area (Å²) in [5.74, 6) is -0.106. The number of aromatic nitrogens is 1. The van der Waals surface area contributed by atoms with Crippen LogP contribution in [0.25, 0.3) is 43.2 Å². The third kappa shape index (κ3) is 3.18. The standard InChI is InChI=1S/C24H14ClNO3S/c25-16-12-10-15(11-13-16)23-26-20(14-6-2-1-3-7-14)22(30-23)19-21(27)17-8-4-5-9-18(17)29-24(19)28/h1-13,27H. The van der Waals surface area contributed by atoms with Crippen LogP contribution in [0.15, 0.2) is 88.1 Å². The van der Waals surface area contributed by atoms with Gasteiger partial charge in [-0.15, -0.1) is 11.3 Å². The minimum absolute atomic E-state index is 0.106. The van der Waals surface area contributed by atoms with Crippen molar-refractivity contribution in [3.63, 3.8) is 0 Å². The Bertz CT molecular complexity index is 1420. The topological polar surface area (TPSA) is 63.3 Å². The minimum Gasteiger partial charge on any atom is -0.506 e. The summed E-state index contributed by atoms with van der Waals surface area (Å²) in [6, 6.07) is 23.8. The van der Waals surface area contributed by atoms with Gasteiger partial charge in [-0.25, -0.2) is 9.78 Å². The number of hydrogen-bond donors (Lipinski definition) is 1. The van der Waals surface area contributed by atoms with Crippen molar-refractivity contribution in [3.8, 4) is 38.0 Å². The van der Waals surface area contributed by atoms with Crippen LogP contribution in [-0.4, -0.2) is 10.1 Å². The van der Waals surface area contributed by atoms with Crippen LogP contribution in [0.2, 0.25) is 5.02 Å². The van der Waals surface area contributed by atoms with Crippen LogP contribution in [0.3, 0.4) is 0 Å². The summed E-state index contributed by atoms with van der Waals surface area (Å²) in [7, 11) is 0. The number of para-hydroxylation sites is 1. The summed E-state index contributed by atoms with van der Waals surface area (Å²) < 4.78 is 5.50. The Labute approximate surface area is 180 Å². The molecule has 0 bridgehead atoms. The van der Waals surface area contributed by atoms with Crippen molar-refractivity contribution in [2.45, 2.75) is 0 Å². The highest BCUT2D eigenvalue weighted by Gasteiger charge is 2.23. The fourth-order valence-electron chi connectivity index (χ4n) is 3.33. The van der Waals surface area contributed by atoms with Gasteiger partial charge in [-0.05, 0) is 24.3 Å². The highest BCUT2D eigenvalue weighted by Crippen LogP contribution is 2.44. The van der Waals surface area contributed by atoms with E-state index < -0.39 is 5.63 Å². The zero-order valence-corrected chi connectivity index (χ0v) is 17.1. The van der Waals surface area contributed by atoms with Crippen LogP contribution >= 0.6 is 22.9 Å². The molecule has 4 nitrogen and oxygen atoms in total. The third-order valence-corrected chi connectivity index (χ3v) is 6.15. The number of hydrogen-bond acceptors (Lipinski definition) is 5. The fraction of sp³-hybridized carbons (Fsp3) is 0. The molecule has 3 aromatic carbocycles. The molecule has 1 N–H and O–H groups in total. The van der Waals surface area contributed by atoms with E-state index in [4.69, 9.17) is 21.0 Å². The molecule has 0 aliphatic rings. The lowest BCUT2D eigenvalue weighted by Crippen LogP contribution is -2.03. The summed E-state index contributed by atoms with van der Waals surface area (Å²) in [4.78, 5) is 18.2. The Morgan fingerprint density at radius 1 is 0.867 bits per heavy atom. The Hall–Kier alpha value is -3.41. The van der Waals surface area contributed by atoms with Crippen LogP contribution < -0.4 is 5.63 Å². The van der Waals surface area contributed by atoms with Crippen molar-refractivity contribution < 1.29 is 9.52 Å². The second-order valence-corrected chi connectivity index (χ2v) is 8.11. The zero-order valence-electron chi connectivity index (χ0n) is 15.5. The van der Waals surface area contributed by atoms with E-state index in [1.165, 1.54) is 11.3 Å². The average Bonchev–Trinajstić information content (AvgIpc) is 3.20. The summed E-state index contributed by atoms with van der Waals surface area (Å²) in [5.41, 5.74) is 2.18. The van der Waals surface area contributed by atoms with Gasteiger partial charge in [0.25, 0.3) is 0 Å². The van der Waals surface area contributed by atoms with Crippen molar-refractivity contribution in [1.82, 2.24) is 4.98 Å². The number of halogens is 1. The molecule has 0 unspecified atom stereocenters. The highest BCUT2D eigenvalue weighted by molar-refractivity contribution is 7.19. The molecule has 146 valence electrons. The van der Waals surface area contributed by atoms with Crippen LogP contribution in [0, 0.1) is 0 Å². The first-order valence-electron chi connectivity index (χ1n) is 9.19. The van der Waals surface area contributed by atoms with Crippen LogP contribution in [0.5, 0.6) is 5.75 Å². The molecular weight excluding hydrogens is 418 g/mol. The number of fused-ring (bicyclic) bond motifs is 1. The molecular formula is C24H14ClNO3S. The predicted octanol–water partition coefficient (Wildman–Crippen LogP) is 6.61. The van der Waals surface area contributed by atoms with E-state index in [-0.39, 0.29) is 11.3 Å². The molecule has 5 rings (SSSR count). The van der Waals surface area contributed by atoms with Crippen molar-refractivity contribution in [2.24, 2.45) is 0 Å². The van der Waals surface area contributed by atoms with Crippen molar-refractivity contribution in [3.05, 3.63) is 94.3 Å². The first-order chi connectivity index (χ1) is 14.6. The predicted molar refractivity (Wildman–Crippen MR) is 121 cm³/mol. The molecule has 0 aliphatic heterocycles. The maximum absolute atomic E-state index is 12.9. The zero-order chi connectivity index (χ0) is 20.7. The van der Waals surface area contributed by atoms with E-state index in [1.54, 1.807) is 36.4 Å². The van der Waals surface area contributed by atoms with Crippen molar-refractivity contribution >= 4 is 33.9 Å². The quantitative estimate of drug-likeness (QED) is 0.326. The molecule has 0 atom stereocenters. The molecule has 30 heavy (non-hydrogen) atoms. The summed E-state index contributed by atoms with van der Waals surface area (Å²) in [6.07, 6.45) is 0. The van der Waals surface area contributed by atoms with Gasteiger partial charge >= 0.3 is 5.63 Å². The molecule has 0 spiro atoms. The second kappa shape index (κ2) is 7.44. The van der Waals surface area contributed by atoms with Gasteiger partial charge in [0.05, 0.1) is 16.0 Å². The monoisotopic (exact) mass is 431 g/mol. The summed E-state index contributed by atoms with van der Waals surface area (Å²) in [6.45, 7) is 0. The third-order valence-electron chi connectivity index (χ3n) is 4.78. The normalized spacial score (nSPS) is 11.1. The Balaban J connectivity index is 1.80. The van der Waals surface area contributed by atoms with Gasteiger partial charge in [-0.2, -0.15) is 0 Å². The smallest absolute Gasteiger partial charge is 0.348 e. The van der Waals surface area contributed by atoms with Gasteiger partial charge in [0.2, 0.25) is 0 Å². The van der Waals surface area contributed by atoms with Crippen molar-refractivity contribution in [2.75, 3.05) is 0 Å². The second-order valence-electron chi connectivity index (χ2n) is 6.68. The first-order valence-corrected chi connectivity index (χ1v) is 10.4. The van der Waals surface area contributed by atoms with E-state index in [1.807, 2.05) is 42.5 Å². The van der Waals surface area contributed by atoms with Crippen LogP contribution in [0.4, 0.5) is 0 Å². The number of rotatable bonds is 3. The molecule has 6 heteroatoms. The summed E-state index contributed by atoms with van der Waals surface area (Å²) >= 11 is 7.35. The number of aromatic hydroxyl groups is 1. The van der Waals surface area contributed by atoms with Crippen LogP contribution in [-0.2, 0) is 0 Å². The van der Waals surface area contributed by atoms with E-state index in [2.05, 4.69) is 0 Å². The number of benzene rings is 3. The van der Waals surface area contributed by atoms with Gasteiger partial charge in [0, 0.05) is 16.1 Å². The molecule has 0 aliphatic carbocycles. The van der Waals surface area contributed by atoms with Crippen LogP contribution in [0.1, 0.15) is 0 Å². The lowest BCUT2D eigenvalue weighted by Gasteiger charge is -2.06. The largest absolute Gasteiger partial charge is 0.506 e. The Morgan fingerprint density at radius 3 is 2.33 bits per heavy atom. The van der Waals surface area contributed by atoms with E-state index >= 15 is 0 Å². The molecule has 0 fully saturated rings.